The summed E-state index contributed by atoms with van der Waals surface area (Å²) in [5.41, 5.74) is 2.25. The normalized spacial score (nSPS) is 11.4. The Kier molecular flexibility index (Phi) is 5.06. The van der Waals surface area contributed by atoms with Gasteiger partial charge in [0.1, 0.15) is 5.82 Å². The van der Waals surface area contributed by atoms with E-state index >= 15 is 0 Å². The Labute approximate surface area is 151 Å². The molecule has 8 heteroatoms. The van der Waals surface area contributed by atoms with Crippen LogP contribution in [0.4, 0.5) is 5.82 Å². The van der Waals surface area contributed by atoms with Gasteiger partial charge in [-0.15, -0.1) is 0 Å². The van der Waals surface area contributed by atoms with Gasteiger partial charge in [-0.05, 0) is 36.2 Å². The van der Waals surface area contributed by atoms with E-state index in [4.69, 9.17) is 11.6 Å². The summed E-state index contributed by atoms with van der Waals surface area (Å²) in [6.45, 7) is 2.26. The summed E-state index contributed by atoms with van der Waals surface area (Å²) in [5, 5.41) is 4.78. The topological polar surface area (TPSA) is 76.9 Å². The van der Waals surface area contributed by atoms with Crippen molar-refractivity contribution < 1.29 is 8.42 Å². The van der Waals surface area contributed by atoms with E-state index in [2.05, 4.69) is 14.8 Å². The lowest BCUT2D eigenvalue weighted by Gasteiger charge is -2.11. The summed E-state index contributed by atoms with van der Waals surface area (Å²) in [4.78, 5) is 3.98. The van der Waals surface area contributed by atoms with Gasteiger partial charge in [-0.1, -0.05) is 29.8 Å². The number of pyridine rings is 1. The largest absolute Gasteiger partial charge is 0.267 e. The number of aryl methyl sites for hydroxylation is 1. The van der Waals surface area contributed by atoms with Crippen LogP contribution in [0.15, 0.2) is 54.9 Å². The van der Waals surface area contributed by atoms with Crippen molar-refractivity contribution in [3.63, 3.8) is 0 Å². The Balaban J connectivity index is 1.81. The second kappa shape index (κ2) is 7.25. The van der Waals surface area contributed by atoms with Crippen molar-refractivity contribution in [2.24, 2.45) is 0 Å². The van der Waals surface area contributed by atoms with Crippen molar-refractivity contribution in [2.75, 3.05) is 4.72 Å². The zero-order chi connectivity index (χ0) is 17.9. The van der Waals surface area contributed by atoms with Crippen molar-refractivity contribution >= 4 is 27.4 Å². The molecule has 2 heterocycles. The predicted molar refractivity (Wildman–Crippen MR) is 98.0 cm³/mol. The molecule has 0 saturated heterocycles. The van der Waals surface area contributed by atoms with Gasteiger partial charge in [-0.3, -0.25) is 9.71 Å². The molecule has 0 saturated carbocycles. The molecule has 1 N–H and O–H groups in total. The molecule has 0 amide bonds. The zero-order valence-corrected chi connectivity index (χ0v) is 15.1. The number of benzene rings is 1. The van der Waals surface area contributed by atoms with Gasteiger partial charge >= 0.3 is 0 Å². The molecule has 130 valence electrons. The number of aromatic nitrogens is 3. The summed E-state index contributed by atoms with van der Waals surface area (Å²) in [6.07, 6.45) is 3.37. The van der Waals surface area contributed by atoms with Crippen LogP contribution in [0.5, 0.6) is 0 Å². The SMILES string of the molecule is Cc1cc(NS(=O)(=O)Cc2ccccc2Cl)n(Cc2ccncc2)n1. The van der Waals surface area contributed by atoms with Crippen LogP contribution in [0.1, 0.15) is 16.8 Å². The summed E-state index contributed by atoms with van der Waals surface area (Å²) in [5.74, 6) is 0.216. The van der Waals surface area contributed by atoms with Gasteiger partial charge in [0.05, 0.1) is 18.0 Å². The highest BCUT2D eigenvalue weighted by Gasteiger charge is 2.17. The Bertz CT molecular complexity index is 971. The lowest BCUT2D eigenvalue weighted by molar-refractivity contribution is 0.598. The highest BCUT2D eigenvalue weighted by Crippen LogP contribution is 2.20. The first kappa shape index (κ1) is 17.4. The highest BCUT2D eigenvalue weighted by atomic mass is 35.5. The molecule has 3 rings (SSSR count). The van der Waals surface area contributed by atoms with Crippen LogP contribution in [-0.2, 0) is 22.3 Å². The summed E-state index contributed by atoms with van der Waals surface area (Å²) < 4.78 is 29.3. The van der Waals surface area contributed by atoms with Crippen LogP contribution in [0.2, 0.25) is 5.02 Å². The lowest BCUT2D eigenvalue weighted by atomic mass is 10.2. The molecule has 0 atom stereocenters. The summed E-state index contributed by atoms with van der Waals surface area (Å²) in [7, 11) is -3.62. The monoisotopic (exact) mass is 376 g/mol. The first-order valence-corrected chi connectivity index (χ1v) is 9.63. The number of anilines is 1. The van der Waals surface area contributed by atoms with Gasteiger partial charge in [-0.2, -0.15) is 5.10 Å². The maximum Gasteiger partial charge on any atom is 0.238 e. The lowest BCUT2D eigenvalue weighted by Crippen LogP contribution is -2.18. The molecular weight excluding hydrogens is 360 g/mol. The molecule has 0 aliphatic rings. The number of nitrogens with one attached hydrogen (secondary N) is 1. The molecule has 1 aromatic carbocycles. The fourth-order valence-electron chi connectivity index (χ4n) is 2.42. The molecule has 2 aromatic heterocycles. The van der Waals surface area contributed by atoms with Crippen LogP contribution in [0.25, 0.3) is 0 Å². The van der Waals surface area contributed by atoms with Crippen molar-refractivity contribution in [1.29, 1.82) is 0 Å². The van der Waals surface area contributed by atoms with E-state index < -0.39 is 10.0 Å². The average molecular weight is 377 g/mol. The number of hydrogen-bond donors (Lipinski definition) is 1. The molecule has 6 nitrogen and oxygen atoms in total. The predicted octanol–water partition coefficient (Wildman–Crippen LogP) is 3.23. The van der Waals surface area contributed by atoms with Crippen LogP contribution in [0, 0.1) is 6.92 Å². The zero-order valence-electron chi connectivity index (χ0n) is 13.6. The average Bonchev–Trinajstić information content (AvgIpc) is 2.89. The van der Waals surface area contributed by atoms with Crippen LogP contribution >= 0.6 is 11.6 Å². The van der Waals surface area contributed by atoms with Crippen LogP contribution < -0.4 is 4.72 Å². The maximum absolute atomic E-state index is 12.5. The van der Waals surface area contributed by atoms with Gasteiger partial charge in [0.2, 0.25) is 10.0 Å². The van der Waals surface area contributed by atoms with Crippen LogP contribution in [0.3, 0.4) is 0 Å². The van der Waals surface area contributed by atoms with Crippen molar-refractivity contribution in [2.45, 2.75) is 19.2 Å². The molecular formula is C17H17ClN4O2S. The third-order valence-corrected chi connectivity index (χ3v) is 5.13. The van der Waals surface area contributed by atoms with Gasteiger partial charge in [0.25, 0.3) is 0 Å². The van der Waals surface area contributed by atoms with Crippen molar-refractivity contribution in [3.8, 4) is 0 Å². The molecule has 0 aliphatic carbocycles. The molecule has 3 aromatic rings. The van der Waals surface area contributed by atoms with E-state index in [1.54, 1.807) is 47.4 Å². The Morgan fingerprint density at radius 3 is 2.60 bits per heavy atom. The second-order valence-corrected chi connectivity index (χ2v) is 7.77. The van der Waals surface area contributed by atoms with E-state index in [1.165, 1.54) is 0 Å². The highest BCUT2D eigenvalue weighted by molar-refractivity contribution is 7.91. The Morgan fingerprint density at radius 2 is 1.88 bits per heavy atom. The maximum atomic E-state index is 12.5. The molecule has 25 heavy (non-hydrogen) atoms. The molecule has 0 fully saturated rings. The number of nitrogens with zero attached hydrogens (tertiary/aromatic N) is 3. The van der Waals surface area contributed by atoms with E-state index in [-0.39, 0.29) is 5.75 Å². The molecule has 0 radical (unpaired) electrons. The molecule has 0 unspecified atom stereocenters. The number of hydrogen-bond acceptors (Lipinski definition) is 4. The fraction of sp³-hybridized carbons (Fsp3) is 0.176. The second-order valence-electron chi connectivity index (χ2n) is 5.64. The summed E-state index contributed by atoms with van der Waals surface area (Å²) >= 11 is 6.06. The number of halogens is 1. The summed E-state index contributed by atoms with van der Waals surface area (Å²) in [6, 6.07) is 12.3. The first-order valence-electron chi connectivity index (χ1n) is 7.60. The Hall–Kier alpha value is -2.38. The minimum absolute atomic E-state index is 0.202. The first-order chi connectivity index (χ1) is 11.9. The standard InChI is InChI=1S/C17H17ClN4O2S/c1-13-10-17(22(20-13)11-14-6-8-19-9-7-14)21-25(23,24)12-15-4-2-3-5-16(15)18/h2-10,21H,11-12H2,1H3. The molecule has 0 spiro atoms. The number of rotatable bonds is 6. The smallest absolute Gasteiger partial charge is 0.238 e. The fourth-order valence-corrected chi connectivity index (χ4v) is 3.92. The van der Waals surface area contributed by atoms with E-state index in [0.717, 1.165) is 11.3 Å². The van der Waals surface area contributed by atoms with Gasteiger partial charge in [0, 0.05) is 23.5 Å². The number of sulfonamides is 1. The quantitative estimate of drug-likeness (QED) is 0.716. The molecule has 0 bridgehead atoms. The Morgan fingerprint density at radius 1 is 1.16 bits per heavy atom. The van der Waals surface area contributed by atoms with Crippen LogP contribution in [-0.4, -0.2) is 23.2 Å². The van der Waals surface area contributed by atoms with Gasteiger partial charge in [0.15, 0.2) is 0 Å². The van der Waals surface area contributed by atoms with E-state index in [9.17, 15) is 8.42 Å². The molecule has 0 aliphatic heterocycles. The van der Waals surface area contributed by atoms with E-state index in [0.29, 0.717) is 22.9 Å². The third kappa shape index (κ3) is 4.58. The van der Waals surface area contributed by atoms with Crippen molar-refractivity contribution in [1.82, 2.24) is 14.8 Å². The van der Waals surface area contributed by atoms with Crippen molar-refractivity contribution in [3.05, 3.63) is 76.7 Å². The minimum atomic E-state index is -3.62. The third-order valence-electron chi connectivity index (χ3n) is 3.55. The minimum Gasteiger partial charge on any atom is -0.267 e. The van der Waals surface area contributed by atoms with E-state index in [1.807, 2.05) is 19.1 Å². The van der Waals surface area contributed by atoms with Gasteiger partial charge < -0.3 is 0 Å². The van der Waals surface area contributed by atoms with Gasteiger partial charge in [-0.25, -0.2) is 13.1 Å².